The van der Waals surface area contributed by atoms with Gasteiger partial charge in [-0.1, -0.05) is 159 Å². The van der Waals surface area contributed by atoms with E-state index < -0.39 is 5.41 Å². The number of aromatic nitrogens is 3. The van der Waals surface area contributed by atoms with Crippen LogP contribution in [0, 0.1) is 11.3 Å². The quantitative estimate of drug-likeness (QED) is 0.184. The summed E-state index contributed by atoms with van der Waals surface area (Å²) in [6.45, 7) is 4.73. The van der Waals surface area contributed by atoms with Crippen molar-refractivity contribution in [3.63, 3.8) is 0 Å². The number of hydrogen-bond acceptors (Lipinski definition) is 4. The van der Waals surface area contributed by atoms with Crippen LogP contribution in [0.2, 0.25) is 0 Å². The predicted molar refractivity (Wildman–Crippen MR) is 216 cm³/mol. The van der Waals surface area contributed by atoms with Crippen molar-refractivity contribution in [2.24, 2.45) is 0 Å². The second kappa shape index (κ2) is 12.0. The van der Waals surface area contributed by atoms with Crippen molar-refractivity contribution in [1.29, 1.82) is 5.26 Å². The fourth-order valence-electron chi connectivity index (χ4n) is 8.94. The van der Waals surface area contributed by atoms with Crippen LogP contribution in [0.4, 0.5) is 0 Å². The van der Waals surface area contributed by atoms with Gasteiger partial charge in [0.25, 0.3) is 0 Å². The number of nitriles is 1. The zero-order chi connectivity index (χ0) is 36.4. The summed E-state index contributed by atoms with van der Waals surface area (Å²) < 4.78 is 0. The van der Waals surface area contributed by atoms with E-state index in [-0.39, 0.29) is 5.41 Å². The molecule has 4 nitrogen and oxygen atoms in total. The van der Waals surface area contributed by atoms with Crippen LogP contribution < -0.4 is 0 Å². The molecule has 0 unspecified atom stereocenters. The minimum absolute atomic E-state index is 0.247. The number of rotatable bonds is 4. The van der Waals surface area contributed by atoms with E-state index in [1.807, 2.05) is 48.5 Å². The van der Waals surface area contributed by atoms with Gasteiger partial charge in [-0.05, 0) is 79.9 Å². The summed E-state index contributed by atoms with van der Waals surface area (Å²) in [6, 6.07) is 62.1. The molecule has 0 atom stereocenters. The van der Waals surface area contributed by atoms with Crippen LogP contribution in [0.15, 0.2) is 170 Å². The van der Waals surface area contributed by atoms with Crippen molar-refractivity contribution in [2.75, 3.05) is 0 Å². The third kappa shape index (κ3) is 4.65. The summed E-state index contributed by atoms with van der Waals surface area (Å²) >= 11 is 0. The summed E-state index contributed by atoms with van der Waals surface area (Å²) in [5.41, 5.74) is 15.3. The highest BCUT2D eigenvalue weighted by molar-refractivity contribution is 5.89. The highest BCUT2D eigenvalue weighted by atomic mass is 15.0. The maximum atomic E-state index is 9.61. The molecule has 1 aromatic heterocycles. The van der Waals surface area contributed by atoms with Crippen molar-refractivity contribution in [1.82, 2.24) is 15.0 Å². The first-order chi connectivity index (χ1) is 26.5. The summed E-state index contributed by atoms with van der Waals surface area (Å²) in [5.74, 6) is 1.69. The van der Waals surface area contributed by atoms with Gasteiger partial charge in [-0.2, -0.15) is 5.26 Å². The fourth-order valence-corrected chi connectivity index (χ4v) is 8.94. The third-order valence-electron chi connectivity index (χ3n) is 11.4. The van der Waals surface area contributed by atoms with Crippen LogP contribution in [-0.4, -0.2) is 15.0 Å². The Kier molecular flexibility index (Phi) is 7.08. The van der Waals surface area contributed by atoms with E-state index in [2.05, 4.69) is 135 Å². The summed E-state index contributed by atoms with van der Waals surface area (Å²) in [7, 11) is 0. The molecule has 0 saturated heterocycles. The lowest BCUT2D eigenvalue weighted by Crippen LogP contribution is -2.40. The molecule has 7 aromatic carbocycles. The monoisotopic (exact) mass is 690 g/mol. The topological polar surface area (TPSA) is 62.5 Å². The van der Waals surface area contributed by atoms with Crippen molar-refractivity contribution < 1.29 is 0 Å². The van der Waals surface area contributed by atoms with Gasteiger partial charge in [0.05, 0.1) is 17.0 Å². The molecule has 4 heteroatoms. The zero-order valence-corrected chi connectivity index (χ0v) is 30.0. The standard InChI is InChI=1S/C50H34N4/c1-49(2)42-24-10-11-25-43(42)50(40-22-8-6-20-38(40)39-21-7-9-23-41(39)50)44-27-26-35(30-45(44)49)34-17-13-19-37(29-34)48-53-46(33-15-4-3-5-16-33)52-47(54-48)36-18-12-14-32(28-36)31-51/h3-30H,1-2H3. The summed E-state index contributed by atoms with van der Waals surface area (Å²) in [6.07, 6.45) is 0. The first-order valence-electron chi connectivity index (χ1n) is 18.3. The molecule has 0 fully saturated rings. The average Bonchev–Trinajstić information content (AvgIpc) is 3.54. The third-order valence-corrected chi connectivity index (χ3v) is 11.4. The van der Waals surface area contributed by atoms with E-state index in [9.17, 15) is 5.26 Å². The molecule has 0 N–H and O–H groups in total. The van der Waals surface area contributed by atoms with E-state index in [1.54, 1.807) is 6.07 Å². The lowest BCUT2D eigenvalue weighted by molar-refractivity contribution is 0.563. The molecular weight excluding hydrogens is 657 g/mol. The van der Waals surface area contributed by atoms with Gasteiger partial charge in [0.1, 0.15) is 0 Å². The van der Waals surface area contributed by atoms with Gasteiger partial charge in [0.2, 0.25) is 0 Å². The van der Waals surface area contributed by atoms with E-state index in [0.29, 0.717) is 23.0 Å². The SMILES string of the molecule is CC1(C)c2ccccc2C2(c3ccccc3-c3ccccc32)c2ccc(-c3cccc(-c4nc(-c5ccccc5)nc(-c5cccc(C#N)c5)n4)c3)cc21. The smallest absolute Gasteiger partial charge is 0.164 e. The van der Waals surface area contributed by atoms with E-state index in [1.165, 1.54) is 44.5 Å². The number of benzene rings is 7. The van der Waals surface area contributed by atoms with Crippen LogP contribution in [0.1, 0.15) is 52.8 Å². The average molecular weight is 691 g/mol. The van der Waals surface area contributed by atoms with Crippen LogP contribution >= 0.6 is 0 Å². The Morgan fingerprint density at radius 3 is 1.54 bits per heavy atom. The Balaban J connectivity index is 1.15. The molecule has 0 aliphatic heterocycles. The molecular formula is C50H34N4. The summed E-state index contributed by atoms with van der Waals surface area (Å²) in [5, 5.41) is 9.61. The molecule has 0 bridgehead atoms. The lowest BCUT2D eigenvalue weighted by Gasteiger charge is -2.46. The Labute approximate surface area is 315 Å². The van der Waals surface area contributed by atoms with Gasteiger partial charge in [-0.25, -0.2) is 15.0 Å². The molecule has 54 heavy (non-hydrogen) atoms. The van der Waals surface area contributed by atoms with E-state index in [0.717, 1.165) is 27.8 Å². The molecule has 2 aliphatic carbocycles. The fraction of sp³-hybridized carbons (Fsp3) is 0.0800. The van der Waals surface area contributed by atoms with Crippen molar-refractivity contribution in [3.8, 4) is 62.5 Å². The van der Waals surface area contributed by atoms with Gasteiger partial charge in [-0.3, -0.25) is 0 Å². The Hall–Kier alpha value is -6.96. The lowest BCUT2D eigenvalue weighted by atomic mass is 9.55. The first kappa shape index (κ1) is 31.7. The second-order valence-electron chi connectivity index (χ2n) is 14.7. The van der Waals surface area contributed by atoms with Crippen molar-refractivity contribution in [2.45, 2.75) is 24.7 Å². The predicted octanol–water partition coefficient (Wildman–Crippen LogP) is 11.4. The zero-order valence-electron chi connectivity index (χ0n) is 30.0. The largest absolute Gasteiger partial charge is 0.208 e. The molecule has 8 aromatic rings. The molecule has 0 amide bonds. The first-order valence-corrected chi connectivity index (χ1v) is 18.3. The van der Waals surface area contributed by atoms with Gasteiger partial charge in [-0.15, -0.1) is 0 Å². The maximum absolute atomic E-state index is 9.61. The van der Waals surface area contributed by atoms with Gasteiger partial charge >= 0.3 is 0 Å². The molecule has 10 rings (SSSR count). The van der Waals surface area contributed by atoms with Gasteiger partial charge in [0.15, 0.2) is 17.5 Å². The van der Waals surface area contributed by atoms with Crippen LogP contribution in [0.3, 0.4) is 0 Å². The van der Waals surface area contributed by atoms with Gasteiger partial charge < -0.3 is 0 Å². The number of fused-ring (bicyclic) bond motifs is 9. The maximum Gasteiger partial charge on any atom is 0.164 e. The normalized spacial score (nSPS) is 14.0. The number of nitrogens with zero attached hydrogens (tertiary/aromatic N) is 4. The van der Waals surface area contributed by atoms with Crippen LogP contribution in [0.25, 0.3) is 56.4 Å². The molecule has 1 spiro atoms. The minimum Gasteiger partial charge on any atom is -0.208 e. The van der Waals surface area contributed by atoms with E-state index in [4.69, 9.17) is 15.0 Å². The van der Waals surface area contributed by atoms with E-state index >= 15 is 0 Å². The second-order valence-corrected chi connectivity index (χ2v) is 14.7. The Morgan fingerprint density at radius 2 is 0.870 bits per heavy atom. The minimum atomic E-state index is -0.424. The van der Waals surface area contributed by atoms with Gasteiger partial charge in [0, 0.05) is 22.1 Å². The molecule has 254 valence electrons. The highest BCUT2D eigenvalue weighted by Crippen LogP contribution is 2.62. The molecule has 0 radical (unpaired) electrons. The summed E-state index contributed by atoms with van der Waals surface area (Å²) in [4.78, 5) is 14.9. The Bertz CT molecular complexity index is 2780. The van der Waals surface area contributed by atoms with Crippen LogP contribution in [-0.2, 0) is 10.8 Å². The Morgan fingerprint density at radius 1 is 0.389 bits per heavy atom. The van der Waals surface area contributed by atoms with Crippen molar-refractivity contribution >= 4 is 0 Å². The van der Waals surface area contributed by atoms with Crippen molar-refractivity contribution in [3.05, 3.63) is 209 Å². The molecule has 1 heterocycles. The molecule has 0 saturated carbocycles. The molecule has 2 aliphatic rings. The number of hydrogen-bond donors (Lipinski definition) is 0. The van der Waals surface area contributed by atoms with Crippen LogP contribution in [0.5, 0.6) is 0 Å². The highest BCUT2D eigenvalue weighted by Gasteiger charge is 2.53.